The molecule has 2 aromatic heterocycles. The first-order valence-electron chi connectivity index (χ1n) is 7.92. The first kappa shape index (κ1) is 15.9. The number of nitrogens with one attached hydrogen (secondary N) is 2. The summed E-state index contributed by atoms with van der Waals surface area (Å²) in [5.74, 6) is -0.0701. The van der Waals surface area contributed by atoms with Gasteiger partial charge < -0.3 is 14.8 Å². The number of dihydropyridines is 1. The number of carbonyl (C=O) groups is 2. The number of hydrogen-bond donors (Lipinski definition) is 2. The van der Waals surface area contributed by atoms with Crippen molar-refractivity contribution in [2.24, 2.45) is 4.99 Å². The summed E-state index contributed by atoms with van der Waals surface area (Å²) < 4.78 is 5.10. The molecule has 130 valence electrons. The highest BCUT2D eigenvalue weighted by atomic mass is 16.5. The Morgan fingerprint density at radius 3 is 3.08 bits per heavy atom. The lowest BCUT2D eigenvalue weighted by Crippen LogP contribution is -2.23. The molecule has 0 saturated carbocycles. The van der Waals surface area contributed by atoms with Gasteiger partial charge in [0.15, 0.2) is 5.82 Å². The molecular formula is C17H14N6O3. The van der Waals surface area contributed by atoms with Gasteiger partial charge in [0, 0.05) is 11.8 Å². The third kappa shape index (κ3) is 3.02. The number of carbonyl (C=O) groups excluding carboxylic acids is 2. The summed E-state index contributed by atoms with van der Waals surface area (Å²) in [7, 11) is 0. The number of amides is 2. The van der Waals surface area contributed by atoms with Crippen LogP contribution in [0.25, 0.3) is 11.0 Å². The number of aliphatic imine (C=N–C) groups is 1. The number of benzene rings is 1. The number of nitrogens with zero attached hydrogens (tertiary/aromatic N) is 4. The Balaban J connectivity index is 1.43. The monoisotopic (exact) mass is 350 g/mol. The van der Waals surface area contributed by atoms with Gasteiger partial charge in [-0.2, -0.15) is 4.98 Å². The van der Waals surface area contributed by atoms with Gasteiger partial charge in [0.05, 0.1) is 17.6 Å². The molecule has 1 aromatic carbocycles. The SMILES string of the molecule is Cc1nc2ccc(C(=O)NCc3nc(C4C=CC=NC4=O)no3)cc2[nH]1. The number of aryl methyl sites for hydroxylation is 1. The lowest BCUT2D eigenvalue weighted by Gasteiger charge is -2.04. The second kappa shape index (κ2) is 6.36. The summed E-state index contributed by atoms with van der Waals surface area (Å²) in [6.07, 6.45) is 4.71. The minimum atomic E-state index is -0.653. The Morgan fingerprint density at radius 1 is 1.35 bits per heavy atom. The Bertz CT molecular complexity index is 1060. The fourth-order valence-electron chi connectivity index (χ4n) is 2.64. The van der Waals surface area contributed by atoms with E-state index in [0.717, 1.165) is 16.9 Å². The maximum absolute atomic E-state index is 12.3. The van der Waals surface area contributed by atoms with Crippen LogP contribution in [0.5, 0.6) is 0 Å². The molecule has 4 rings (SSSR count). The summed E-state index contributed by atoms with van der Waals surface area (Å²) in [6.45, 7) is 1.91. The van der Waals surface area contributed by atoms with Crippen molar-refractivity contribution >= 4 is 29.1 Å². The molecule has 2 N–H and O–H groups in total. The predicted molar refractivity (Wildman–Crippen MR) is 91.7 cm³/mol. The minimum absolute atomic E-state index is 0.0553. The van der Waals surface area contributed by atoms with Crippen LogP contribution in [0, 0.1) is 6.92 Å². The number of aromatic nitrogens is 4. The van der Waals surface area contributed by atoms with E-state index in [2.05, 4.69) is 30.4 Å². The van der Waals surface area contributed by atoms with E-state index in [-0.39, 0.29) is 30.1 Å². The molecule has 2 amide bonds. The van der Waals surface area contributed by atoms with Crippen LogP contribution in [0.15, 0.2) is 39.9 Å². The average Bonchev–Trinajstić information content (AvgIpc) is 3.24. The fraction of sp³-hybridized carbons (Fsp3) is 0.176. The second-order valence-corrected chi connectivity index (χ2v) is 5.76. The Morgan fingerprint density at radius 2 is 2.23 bits per heavy atom. The molecule has 0 bridgehead atoms. The highest BCUT2D eigenvalue weighted by Gasteiger charge is 2.24. The number of fused-ring (bicyclic) bond motifs is 1. The molecule has 0 saturated heterocycles. The second-order valence-electron chi connectivity index (χ2n) is 5.76. The maximum atomic E-state index is 12.3. The quantitative estimate of drug-likeness (QED) is 0.733. The van der Waals surface area contributed by atoms with E-state index < -0.39 is 5.92 Å². The van der Waals surface area contributed by atoms with Crippen LogP contribution in [0.2, 0.25) is 0 Å². The fourth-order valence-corrected chi connectivity index (χ4v) is 2.64. The molecule has 1 unspecified atom stereocenters. The van der Waals surface area contributed by atoms with Gasteiger partial charge in [0.1, 0.15) is 11.7 Å². The van der Waals surface area contributed by atoms with Gasteiger partial charge in [-0.05, 0) is 31.2 Å². The van der Waals surface area contributed by atoms with Crippen LogP contribution < -0.4 is 5.32 Å². The molecule has 0 fully saturated rings. The highest BCUT2D eigenvalue weighted by molar-refractivity contribution is 5.97. The molecule has 1 aliphatic heterocycles. The Hall–Kier alpha value is -3.62. The zero-order valence-corrected chi connectivity index (χ0v) is 13.8. The number of rotatable bonds is 4. The largest absolute Gasteiger partial charge is 0.343 e. The molecular weight excluding hydrogens is 336 g/mol. The van der Waals surface area contributed by atoms with Crippen molar-refractivity contribution in [3.05, 3.63) is 53.5 Å². The van der Waals surface area contributed by atoms with Gasteiger partial charge in [-0.3, -0.25) is 9.59 Å². The third-order valence-corrected chi connectivity index (χ3v) is 3.88. The van der Waals surface area contributed by atoms with E-state index in [9.17, 15) is 9.59 Å². The topological polar surface area (TPSA) is 126 Å². The van der Waals surface area contributed by atoms with Crippen LogP contribution in [0.1, 0.15) is 33.8 Å². The molecule has 1 aliphatic rings. The minimum Gasteiger partial charge on any atom is -0.343 e. The maximum Gasteiger partial charge on any atom is 0.260 e. The molecule has 9 heteroatoms. The summed E-state index contributed by atoms with van der Waals surface area (Å²) >= 11 is 0. The summed E-state index contributed by atoms with van der Waals surface area (Å²) in [6, 6.07) is 5.20. The van der Waals surface area contributed by atoms with Gasteiger partial charge in [0.25, 0.3) is 11.8 Å². The van der Waals surface area contributed by atoms with Crippen molar-refractivity contribution < 1.29 is 14.1 Å². The first-order valence-corrected chi connectivity index (χ1v) is 7.92. The standard InChI is InChI=1S/C17H14N6O3/c1-9-20-12-5-4-10(7-13(12)21-9)16(24)19-8-14-22-15(23-26-14)11-3-2-6-18-17(11)25/h2-7,11H,8H2,1H3,(H,19,24)(H,20,21). The summed E-state index contributed by atoms with van der Waals surface area (Å²) in [4.78, 5) is 39.2. The number of H-pyrrole nitrogens is 1. The van der Waals surface area contributed by atoms with E-state index in [4.69, 9.17) is 4.52 Å². The van der Waals surface area contributed by atoms with Gasteiger partial charge in [-0.25, -0.2) is 9.98 Å². The zero-order valence-electron chi connectivity index (χ0n) is 13.8. The summed E-state index contributed by atoms with van der Waals surface area (Å²) in [5.41, 5.74) is 2.08. The van der Waals surface area contributed by atoms with E-state index in [1.165, 1.54) is 6.21 Å². The van der Waals surface area contributed by atoms with Crippen molar-refractivity contribution in [1.29, 1.82) is 0 Å². The number of aromatic amines is 1. The number of allylic oxidation sites excluding steroid dienone is 1. The van der Waals surface area contributed by atoms with Gasteiger partial charge >= 0.3 is 0 Å². The van der Waals surface area contributed by atoms with Crippen LogP contribution in [0.4, 0.5) is 0 Å². The van der Waals surface area contributed by atoms with Crippen molar-refractivity contribution in [3.8, 4) is 0 Å². The molecule has 3 aromatic rings. The summed E-state index contributed by atoms with van der Waals surface area (Å²) in [5, 5.41) is 6.50. The smallest absolute Gasteiger partial charge is 0.260 e. The molecule has 26 heavy (non-hydrogen) atoms. The molecule has 0 radical (unpaired) electrons. The van der Waals surface area contributed by atoms with Crippen molar-refractivity contribution in [1.82, 2.24) is 25.4 Å². The van der Waals surface area contributed by atoms with Gasteiger partial charge in [-0.15, -0.1) is 0 Å². The van der Waals surface area contributed by atoms with Gasteiger partial charge in [0.2, 0.25) is 5.89 Å². The predicted octanol–water partition coefficient (Wildman–Crippen LogP) is 1.44. The van der Waals surface area contributed by atoms with Crippen LogP contribution >= 0.6 is 0 Å². The van der Waals surface area contributed by atoms with Crippen molar-refractivity contribution in [2.45, 2.75) is 19.4 Å². The van der Waals surface area contributed by atoms with Gasteiger partial charge in [-0.1, -0.05) is 11.2 Å². The Labute approximate surface area is 147 Å². The first-order chi connectivity index (χ1) is 12.6. The molecule has 3 heterocycles. The number of hydrogen-bond acceptors (Lipinski definition) is 6. The van der Waals surface area contributed by atoms with Crippen LogP contribution in [0.3, 0.4) is 0 Å². The Kier molecular flexibility index (Phi) is 3.88. The van der Waals surface area contributed by atoms with Crippen molar-refractivity contribution in [2.75, 3.05) is 0 Å². The molecule has 0 spiro atoms. The van der Waals surface area contributed by atoms with Crippen LogP contribution in [-0.4, -0.2) is 38.1 Å². The lowest BCUT2D eigenvalue weighted by molar-refractivity contribution is -0.118. The zero-order chi connectivity index (χ0) is 18.1. The number of imidazole rings is 1. The molecule has 9 nitrogen and oxygen atoms in total. The highest BCUT2D eigenvalue weighted by Crippen LogP contribution is 2.18. The van der Waals surface area contributed by atoms with E-state index in [1.54, 1.807) is 30.4 Å². The average molecular weight is 350 g/mol. The lowest BCUT2D eigenvalue weighted by atomic mass is 10.1. The van der Waals surface area contributed by atoms with E-state index in [0.29, 0.717) is 5.56 Å². The van der Waals surface area contributed by atoms with E-state index in [1.807, 2.05) is 6.92 Å². The van der Waals surface area contributed by atoms with E-state index >= 15 is 0 Å². The third-order valence-electron chi connectivity index (χ3n) is 3.88. The normalized spacial score (nSPS) is 16.3. The van der Waals surface area contributed by atoms with Crippen molar-refractivity contribution in [3.63, 3.8) is 0 Å². The molecule has 1 atom stereocenters. The van der Waals surface area contributed by atoms with Crippen LogP contribution in [-0.2, 0) is 11.3 Å². The molecule has 0 aliphatic carbocycles.